The lowest BCUT2D eigenvalue weighted by Crippen LogP contribution is -2.27. The molecule has 3 nitrogen and oxygen atoms in total. The first-order valence-electron chi connectivity index (χ1n) is 6.43. The zero-order valence-corrected chi connectivity index (χ0v) is 10.6. The van der Waals surface area contributed by atoms with E-state index in [1.807, 2.05) is 6.07 Å². The van der Waals surface area contributed by atoms with Crippen LogP contribution in [-0.2, 0) is 0 Å². The molecule has 0 saturated heterocycles. The summed E-state index contributed by atoms with van der Waals surface area (Å²) < 4.78 is 5.57. The molecule has 94 valence electrons. The molecule has 0 fully saturated rings. The molecule has 1 aromatic rings. The van der Waals surface area contributed by atoms with E-state index in [0.29, 0.717) is 6.61 Å². The van der Waals surface area contributed by atoms with Crippen molar-refractivity contribution in [2.45, 2.75) is 32.7 Å². The molecule has 0 saturated carbocycles. The fourth-order valence-electron chi connectivity index (χ4n) is 2.25. The largest absolute Gasteiger partial charge is 0.508 e. The minimum Gasteiger partial charge on any atom is -0.508 e. The van der Waals surface area contributed by atoms with Gasteiger partial charge in [0.25, 0.3) is 0 Å². The van der Waals surface area contributed by atoms with Crippen molar-refractivity contribution >= 4 is 0 Å². The third kappa shape index (κ3) is 2.72. The Kier molecular flexibility index (Phi) is 3.89. The zero-order chi connectivity index (χ0) is 12.3. The summed E-state index contributed by atoms with van der Waals surface area (Å²) in [6.45, 7) is 6.15. The summed E-state index contributed by atoms with van der Waals surface area (Å²) in [5.41, 5.74) is 1.16. The van der Waals surface area contributed by atoms with Crippen LogP contribution in [0.1, 0.15) is 38.3 Å². The van der Waals surface area contributed by atoms with Crippen molar-refractivity contribution in [2.75, 3.05) is 13.2 Å². The highest BCUT2D eigenvalue weighted by Crippen LogP contribution is 2.34. The van der Waals surface area contributed by atoms with Crippen LogP contribution in [0.15, 0.2) is 18.2 Å². The van der Waals surface area contributed by atoms with Crippen LogP contribution in [0.3, 0.4) is 0 Å². The van der Waals surface area contributed by atoms with Gasteiger partial charge in [-0.25, -0.2) is 0 Å². The molecule has 0 bridgehead atoms. The Labute approximate surface area is 103 Å². The van der Waals surface area contributed by atoms with E-state index in [0.717, 1.165) is 23.8 Å². The van der Waals surface area contributed by atoms with Gasteiger partial charge in [-0.3, -0.25) is 0 Å². The van der Waals surface area contributed by atoms with Gasteiger partial charge in [-0.15, -0.1) is 0 Å². The van der Waals surface area contributed by atoms with Gasteiger partial charge in [0.1, 0.15) is 18.1 Å². The van der Waals surface area contributed by atoms with Gasteiger partial charge in [0.15, 0.2) is 0 Å². The molecule has 1 aliphatic rings. The third-order valence-corrected chi connectivity index (χ3v) is 3.59. The van der Waals surface area contributed by atoms with Crippen molar-refractivity contribution in [1.29, 1.82) is 0 Å². The summed E-state index contributed by atoms with van der Waals surface area (Å²) in [5, 5.41) is 12.9. The second-order valence-electron chi connectivity index (χ2n) is 4.68. The summed E-state index contributed by atoms with van der Waals surface area (Å²) in [6, 6.07) is 5.63. The quantitative estimate of drug-likeness (QED) is 0.824. The summed E-state index contributed by atoms with van der Waals surface area (Å²) >= 11 is 0. The number of aromatic hydroxyl groups is 1. The van der Waals surface area contributed by atoms with Crippen molar-refractivity contribution in [1.82, 2.24) is 5.32 Å². The van der Waals surface area contributed by atoms with E-state index in [1.165, 1.54) is 12.8 Å². The smallest absolute Gasteiger partial charge is 0.127 e. The molecule has 17 heavy (non-hydrogen) atoms. The Bertz CT molecular complexity index is 374. The van der Waals surface area contributed by atoms with Crippen molar-refractivity contribution in [3.63, 3.8) is 0 Å². The van der Waals surface area contributed by atoms with E-state index in [9.17, 15) is 5.11 Å². The topological polar surface area (TPSA) is 41.5 Å². The van der Waals surface area contributed by atoms with Gasteiger partial charge < -0.3 is 15.2 Å². The van der Waals surface area contributed by atoms with Crippen LogP contribution in [0.25, 0.3) is 0 Å². The molecule has 0 amide bonds. The van der Waals surface area contributed by atoms with Crippen LogP contribution in [0.5, 0.6) is 11.5 Å². The number of benzene rings is 1. The van der Waals surface area contributed by atoms with Gasteiger partial charge in [0.2, 0.25) is 0 Å². The fraction of sp³-hybridized carbons (Fsp3) is 0.571. The predicted octanol–water partition coefficient (Wildman–Crippen LogP) is 2.85. The van der Waals surface area contributed by atoms with Gasteiger partial charge in [0, 0.05) is 11.6 Å². The highest BCUT2D eigenvalue weighted by atomic mass is 16.5. The van der Waals surface area contributed by atoms with E-state index in [4.69, 9.17) is 4.74 Å². The summed E-state index contributed by atoms with van der Waals surface area (Å²) in [6.07, 6.45) is 2.42. The molecule has 2 rings (SSSR count). The molecule has 1 heterocycles. The lowest BCUT2D eigenvalue weighted by molar-refractivity contribution is 0.299. The first kappa shape index (κ1) is 12.2. The molecular formula is C14H21NO2. The minimum atomic E-state index is 0.268. The van der Waals surface area contributed by atoms with Crippen molar-refractivity contribution in [2.24, 2.45) is 5.92 Å². The van der Waals surface area contributed by atoms with Crippen LogP contribution in [0, 0.1) is 5.92 Å². The number of fused-ring (bicyclic) bond motifs is 1. The average molecular weight is 235 g/mol. The van der Waals surface area contributed by atoms with Gasteiger partial charge >= 0.3 is 0 Å². The number of phenolic OH excluding ortho intramolecular Hbond substituents is 1. The number of nitrogens with one attached hydrogen (secondary N) is 1. The average Bonchev–Trinajstić information content (AvgIpc) is 2.73. The van der Waals surface area contributed by atoms with Crippen molar-refractivity contribution in [3.05, 3.63) is 23.8 Å². The molecule has 0 aliphatic carbocycles. The third-order valence-electron chi connectivity index (χ3n) is 3.59. The van der Waals surface area contributed by atoms with Gasteiger partial charge in [-0.2, -0.15) is 0 Å². The number of hydrogen-bond donors (Lipinski definition) is 2. The Morgan fingerprint density at radius 3 is 2.88 bits per heavy atom. The Morgan fingerprint density at radius 1 is 1.41 bits per heavy atom. The molecule has 3 heteroatoms. The van der Waals surface area contributed by atoms with Crippen LogP contribution in [0.4, 0.5) is 0 Å². The van der Waals surface area contributed by atoms with Crippen LogP contribution in [-0.4, -0.2) is 18.3 Å². The zero-order valence-electron chi connectivity index (χ0n) is 10.6. The lowest BCUT2D eigenvalue weighted by atomic mass is 10.0. The number of rotatable bonds is 5. The number of phenols is 1. The molecule has 2 N–H and O–H groups in total. The first-order chi connectivity index (χ1) is 8.24. The highest BCUT2D eigenvalue weighted by Gasteiger charge is 2.24. The van der Waals surface area contributed by atoms with E-state index in [-0.39, 0.29) is 11.8 Å². The Hall–Kier alpha value is -1.22. The SMILES string of the molecule is CCC(CC)CNC1COc2cc(O)ccc21. The Balaban J connectivity index is 1.97. The number of hydrogen-bond acceptors (Lipinski definition) is 3. The number of ether oxygens (including phenoxy) is 1. The van der Waals surface area contributed by atoms with E-state index in [1.54, 1.807) is 12.1 Å². The second-order valence-corrected chi connectivity index (χ2v) is 4.68. The molecule has 1 unspecified atom stereocenters. The standard InChI is InChI=1S/C14H21NO2/c1-3-10(4-2)8-15-13-9-17-14-7-11(16)5-6-12(13)14/h5-7,10,13,15-16H,3-4,8-9H2,1-2H3. The van der Waals surface area contributed by atoms with Crippen molar-refractivity contribution in [3.8, 4) is 11.5 Å². The summed E-state index contributed by atoms with van der Waals surface area (Å²) in [4.78, 5) is 0. The van der Waals surface area contributed by atoms with Crippen LogP contribution >= 0.6 is 0 Å². The Morgan fingerprint density at radius 2 is 2.18 bits per heavy atom. The van der Waals surface area contributed by atoms with Crippen LogP contribution < -0.4 is 10.1 Å². The highest BCUT2D eigenvalue weighted by molar-refractivity contribution is 5.44. The first-order valence-corrected chi connectivity index (χ1v) is 6.43. The van der Waals surface area contributed by atoms with E-state index >= 15 is 0 Å². The fourth-order valence-corrected chi connectivity index (χ4v) is 2.25. The lowest BCUT2D eigenvalue weighted by Gasteiger charge is -2.17. The minimum absolute atomic E-state index is 0.268. The molecular weight excluding hydrogens is 214 g/mol. The molecule has 0 aromatic heterocycles. The van der Waals surface area contributed by atoms with E-state index < -0.39 is 0 Å². The maximum absolute atomic E-state index is 9.38. The normalized spacial score (nSPS) is 18.2. The summed E-state index contributed by atoms with van der Waals surface area (Å²) in [5.74, 6) is 1.81. The van der Waals surface area contributed by atoms with Crippen molar-refractivity contribution < 1.29 is 9.84 Å². The van der Waals surface area contributed by atoms with E-state index in [2.05, 4.69) is 19.2 Å². The summed E-state index contributed by atoms with van der Waals surface area (Å²) in [7, 11) is 0. The monoisotopic (exact) mass is 235 g/mol. The second kappa shape index (κ2) is 5.41. The van der Waals surface area contributed by atoms with Gasteiger partial charge in [0.05, 0.1) is 6.04 Å². The molecule has 1 aromatic carbocycles. The maximum atomic E-state index is 9.38. The van der Waals surface area contributed by atoms with Gasteiger partial charge in [-0.05, 0) is 24.6 Å². The molecule has 1 aliphatic heterocycles. The molecule has 1 atom stereocenters. The molecule has 0 spiro atoms. The van der Waals surface area contributed by atoms with Crippen LogP contribution in [0.2, 0.25) is 0 Å². The maximum Gasteiger partial charge on any atom is 0.127 e. The molecule has 0 radical (unpaired) electrons. The predicted molar refractivity (Wildman–Crippen MR) is 68.4 cm³/mol. The van der Waals surface area contributed by atoms with Gasteiger partial charge in [-0.1, -0.05) is 26.7 Å².